The molecule has 1 aliphatic heterocycles. The van der Waals surface area contributed by atoms with Crippen LogP contribution in [-0.4, -0.2) is 42.3 Å². The van der Waals surface area contributed by atoms with Crippen LogP contribution in [0, 0.1) is 13.8 Å². The summed E-state index contributed by atoms with van der Waals surface area (Å²) >= 11 is 0. The van der Waals surface area contributed by atoms with E-state index in [9.17, 15) is 0 Å². The Morgan fingerprint density at radius 2 is 1.59 bits per heavy atom. The molecule has 3 nitrogen and oxygen atoms in total. The normalized spacial score (nSPS) is 16.3. The molecule has 0 amide bonds. The lowest BCUT2D eigenvalue weighted by Gasteiger charge is -2.33. The van der Waals surface area contributed by atoms with Gasteiger partial charge < -0.3 is 0 Å². The predicted octanol–water partition coefficient (Wildman–Crippen LogP) is 4.75. The monoisotopic (exact) mass is 363 g/mol. The Bertz CT molecular complexity index is 776. The van der Waals surface area contributed by atoms with Gasteiger partial charge in [-0.1, -0.05) is 68.8 Å². The summed E-state index contributed by atoms with van der Waals surface area (Å²) in [6.07, 6.45) is 1.99. The predicted molar refractivity (Wildman–Crippen MR) is 116 cm³/mol. The average molecular weight is 364 g/mol. The molecular formula is C24H33N3. The summed E-state index contributed by atoms with van der Waals surface area (Å²) in [6, 6.07) is 15.5. The maximum atomic E-state index is 4.70. The fraction of sp³-hybridized carbons (Fsp3) is 0.458. The molecule has 2 aromatic carbocycles. The molecule has 27 heavy (non-hydrogen) atoms. The highest BCUT2D eigenvalue weighted by atomic mass is 15.5. The highest BCUT2D eigenvalue weighted by Crippen LogP contribution is 2.22. The number of hydrazone groups is 1. The molecule has 0 spiro atoms. The molecular weight excluding hydrogens is 330 g/mol. The van der Waals surface area contributed by atoms with Gasteiger partial charge in [0.1, 0.15) is 0 Å². The van der Waals surface area contributed by atoms with E-state index in [1.54, 1.807) is 0 Å². The van der Waals surface area contributed by atoms with Crippen LogP contribution in [0.1, 0.15) is 48.6 Å². The molecule has 144 valence electrons. The number of hydrogen-bond acceptors (Lipinski definition) is 3. The van der Waals surface area contributed by atoms with Crippen LogP contribution >= 0.6 is 0 Å². The van der Waals surface area contributed by atoms with E-state index < -0.39 is 0 Å². The number of hydrogen-bond donors (Lipinski definition) is 0. The zero-order valence-electron chi connectivity index (χ0n) is 17.5. The van der Waals surface area contributed by atoms with E-state index in [0.717, 1.165) is 32.7 Å². The van der Waals surface area contributed by atoms with Crippen molar-refractivity contribution in [3.05, 3.63) is 70.3 Å². The van der Waals surface area contributed by atoms with Gasteiger partial charge in [-0.05, 0) is 41.5 Å². The minimum atomic E-state index is 0.196. The fourth-order valence-corrected chi connectivity index (χ4v) is 3.49. The second-order valence-corrected chi connectivity index (χ2v) is 8.78. The first-order valence-corrected chi connectivity index (χ1v) is 9.99. The lowest BCUT2D eigenvalue weighted by molar-refractivity contribution is 0.131. The van der Waals surface area contributed by atoms with E-state index in [2.05, 4.69) is 87.0 Å². The van der Waals surface area contributed by atoms with Gasteiger partial charge in [-0.2, -0.15) is 5.10 Å². The van der Waals surface area contributed by atoms with E-state index in [1.165, 1.54) is 27.8 Å². The third-order valence-electron chi connectivity index (χ3n) is 5.39. The highest BCUT2D eigenvalue weighted by Gasteiger charge is 2.16. The Morgan fingerprint density at radius 3 is 2.19 bits per heavy atom. The maximum absolute atomic E-state index is 4.70. The van der Waals surface area contributed by atoms with Crippen LogP contribution in [0.2, 0.25) is 0 Å². The summed E-state index contributed by atoms with van der Waals surface area (Å²) in [5.41, 5.74) is 6.90. The number of rotatable bonds is 4. The van der Waals surface area contributed by atoms with Gasteiger partial charge in [0.05, 0.1) is 6.21 Å². The van der Waals surface area contributed by atoms with Gasteiger partial charge in [-0.15, -0.1) is 0 Å². The molecule has 0 bridgehead atoms. The SMILES string of the molecule is Cc1ccc(CN2CCN(/N=C/c3ccc(C(C)(C)C)cc3)CC2)c(C)c1. The Morgan fingerprint density at radius 1 is 0.926 bits per heavy atom. The van der Waals surface area contributed by atoms with Crippen LogP contribution in [0.15, 0.2) is 47.6 Å². The number of aryl methyl sites for hydroxylation is 2. The van der Waals surface area contributed by atoms with Crippen molar-refractivity contribution in [2.24, 2.45) is 5.10 Å². The molecule has 1 aliphatic rings. The van der Waals surface area contributed by atoms with Crippen LogP contribution in [0.5, 0.6) is 0 Å². The first-order chi connectivity index (χ1) is 12.8. The Balaban J connectivity index is 1.51. The topological polar surface area (TPSA) is 18.8 Å². The van der Waals surface area contributed by atoms with Crippen molar-refractivity contribution in [1.29, 1.82) is 0 Å². The second kappa shape index (κ2) is 8.26. The van der Waals surface area contributed by atoms with E-state index in [1.807, 2.05) is 6.21 Å². The maximum Gasteiger partial charge on any atom is 0.0542 e. The van der Waals surface area contributed by atoms with Crippen LogP contribution in [-0.2, 0) is 12.0 Å². The number of piperazine rings is 1. The Labute approximate surface area is 164 Å². The van der Waals surface area contributed by atoms with E-state index in [4.69, 9.17) is 5.10 Å². The second-order valence-electron chi connectivity index (χ2n) is 8.78. The largest absolute Gasteiger partial charge is 0.295 e. The summed E-state index contributed by atoms with van der Waals surface area (Å²) in [5.74, 6) is 0. The minimum Gasteiger partial charge on any atom is -0.295 e. The Kier molecular flexibility index (Phi) is 6.01. The van der Waals surface area contributed by atoms with Crippen molar-refractivity contribution in [3.63, 3.8) is 0 Å². The lowest BCUT2D eigenvalue weighted by atomic mass is 9.87. The van der Waals surface area contributed by atoms with Gasteiger partial charge in [0.25, 0.3) is 0 Å². The number of nitrogens with zero attached hydrogens (tertiary/aromatic N) is 3. The summed E-state index contributed by atoms with van der Waals surface area (Å²) in [4.78, 5) is 2.53. The molecule has 0 atom stereocenters. The van der Waals surface area contributed by atoms with Gasteiger partial charge in [-0.25, -0.2) is 0 Å². The van der Waals surface area contributed by atoms with Crippen molar-refractivity contribution in [2.45, 2.75) is 46.6 Å². The van der Waals surface area contributed by atoms with Crippen LogP contribution in [0.3, 0.4) is 0 Å². The third kappa shape index (κ3) is 5.43. The van der Waals surface area contributed by atoms with E-state index in [-0.39, 0.29) is 5.41 Å². The smallest absolute Gasteiger partial charge is 0.0542 e. The van der Waals surface area contributed by atoms with Gasteiger partial charge in [-0.3, -0.25) is 9.91 Å². The third-order valence-corrected chi connectivity index (χ3v) is 5.39. The van der Waals surface area contributed by atoms with Crippen molar-refractivity contribution in [3.8, 4) is 0 Å². The average Bonchev–Trinajstić information content (AvgIpc) is 2.63. The van der Waals surface area contributed by atoms with Crippen LogP contribution in [0.25, 0.3) is 0 Å². The van der Waals surface area contributed by atoms with Crippen molar-refractivity contribution < 1.29 is 0 Å². The quantitative estimate of drug-likeness (QED) is 0.730. The summed E-state index contributed by atoms with van der Waals surface area (Å²) in [6.45, 7) is 16.2. The zero-order valence-corrected chi connectivity index (χ0v) is 17.5. The standard InChI is InChI=1S/C24H33N3/c1-19-6-9-22(20(2)16-19)18-26-12-14-27(15-13-26)25-17-21-7-10-23(11-8-21)24(3,4)5/h6-11,16-17H,12-15,18H2,1-5H3/b25-17+. The lowest BCUT2D eigenvalue weighted by Crippen LogP contribution is -2.43. The van der Waals surface area contributed by atoms with Crippen molar-refractivity contribution in [1.82, 2.24) is 9.91 Å². The van der Waals surface area contributed by atoms with Crippen molar-refractivity contribution in [2.75, 3.05) is 26.2 Å². The molecule has 1 saturated heterocycles. The Hall–Kier alpha value is -2.13. The van der Waals surface area contributed by atoms with Crippen molar-refractivity contribution >= 4 is 6.21 Å². The molecule has 3 heteroatoms. The fourth-order valence-electron chi connectivity index (χ4n) is 3.49. The summed E-state index contributed by atoms with van der Waals surface area (Å²) in [5, 5.41) is 6.89. The van der Waals surface area contributed by atoms with E-state index in [0.29, 0.717) is 0 Å². The summed E-state index contributed by atoms with van der Waals surface area (Å²) < 4.78 is 0. The van der Waals surface area contributed by atoms with Gasteiger partial charge in [0.15, 0.2) is 0 Å². The summed E-state index contributed by atoms with van der Waals surface area (Å²) in [7, 11) is 0. The molecule has 0 saturated carbocycles. The molecule has 3 rings (SSSR count). The zero-order chi connectivity index (χ0) is 19.4. The first kappa shape index (κ1) is 19.6. The van der Waals surface area contributed by atoms with Crippen LogP contribution in [0.4, 0.5) is 0 Å². The molecule has 1 fully saturated rings. The molecule has 0 radical (unpaired) electrons. The first-order valence-electron chi connectivity index (χ1n) is 9.99. The van der Waals surface area contributed by atoms with Gasteiger partial charge in [0, 0.05) is 32.7 Å². The molecule has 0 N–H and O–H groups in total. The highest BCUT2D eigenvalue weighted by molar-refractivity contribution is 5.79. The van der Waals surface area contributed by atoms with E-state index >= 15 is 0 Å². The van der Waals surface area contributed by atoms with Gasteiger partial charge in [0.2, 0.25) is 0 Å². The number of benzene rings is 2. The van der Waals surface area contributed by atoms with Crippen LogP contribution < -0.4 is 0 Å². The van der Waals surface area contributed by atoms with Gasteiger partial charge >= 0.3 is 0 Å². The molecule has 0 aromatic heterocycles. The molecule has 1 heterocycles. The molecule has 0 aliphatic carbocycles. The minimum absolute atomic E-state index is 0.196. The molecule has 2 aromatic rings. The molecule has 0 unspecified atom stereocenters.